The van der Waals surface area contributed by atoms with Crippen LogP contribution in [0.15, 0.2) is 144 Å². The molecule has 4 heteroatoms. The van der Waals surface area contributed by atoms with Gasteiger partial charge < -0.3 is 4.42 Å². The molecule has 1 unspecified atom stereocenters. The van der Waals surface area contributed by atoms with E-state index >= 15 is 0 Å². The van der Waals surface area contributed by atoms with E-state index in [9.17, 15) is 0 Å². The maximum absolute atomic E-state index is 6.33. The molecule has 0 saturated carbocycles. The van der Waals surface area contributed by atoms with Crippen molar-refractivity contribution in [3.8, 4) is 56.2 Å². The van der Waals surface area contributed by atoms with Crippen molar-refractivity contribution in [3.63, 3.8) is 0 Å². The first-order valence-electron chi connectivity index (χ1n) is 14.1. The minimum Gasteiger partial charge on any atom is -0.467 e. The average molecular weight is 538 g/mol. The van der Waals surface area contributed by atoms with Gasteiger partial charge in [-0.3, -0.25) is 0 Å². The van der Waals surface area contributed by atoms with Crippen LogP contribution in [0.4, 0.5) is 0 Å². The van der Waals surface area contributed by atoms with Crippen LogP contribution in [0.1, 0.15) is 22.5 Å². The quantitative estimate of drug-likeness (QED) is 0.226. The molecule has 0 N–H and O–H groups in total. The zero-order valence-electron chi connectivity index (χ0n) is 22.5. The van der Waals surface area contributed by atoms with Crippen molar-refractivity contribution in [2.45, 2.75) is 5.41 Å². The number of fused-ring (bicyclic) bond motifs is 10. The molecule has 7 aromatic rings. The van der Waals surface area contributed by atoms with Gasteiger partial charge in [0.05, 0.1) is 6.26 Å². The van der Waals surface area contributed by atoms with Crippen molar-refractivity contribution in [2.24, 2.45) is 0 Å². The van der Waals surface area contributed by atoms with Crippen LogP contribution in [-0.2, 0) is 5.41 Å². The Balaban J connectivity index is 1.23. The second-order valence-corrected chi connectivity index (χ2v) is 10.8. The van der Waals surface area contributed by atoms with E-state index < -0.39 is 5.41 Å². The molecule has 2 heterocycles. The Hall–Kier alpha value is -5.61. The fourth-order valence-electron chi connectivity index (χ4n) is 7.04. The maximum Gasteiger partial charge on any atom is 0.164 e. The second-order valence-electron chi connectivity index (χ2n) is 10.8. The summed E-state index contributed by atoms with van der Waals surface area (Å²) in [5, 5.41) is 0. The van der Waals surface area contributed by atoms with E-state index in [1.807, 2.05) is 12.3 Å². The van der Waals surface area contributed by atoms with Gasteiger partial charge in [0.1, 0.15) is 17.5 Å². The van der Waals surface area contributed by atoms with E-state index in [4.69, 9.17) is 14.4 Å². The second kappa shape index (κ2) is 8.69. The summed E-state index contributed by atoms with van der Waals surface area (Å²) in [5.41, 5.74) is 12.1. The molecule has 1 atom stereocenters. The van der Waals surface area contributed by atoms with Crippen molar-refractivity contribution >= 4 is 0 Å². The van der Waals surface area contributed by atoms with Crippen molar-refractivity contribution < 1.29 is 4.42 Å². The third-order valence-corrected chi connectivity index (χ3v) is 8.76. The molecule has 196 valence electrons. The predicted molar refractivity (Wildman–Crippen MR) is 165 cm³/mol. The van der Waals surface area contributed by atoms with Gasteiger partial charge in [-0.2, -0.15) is 0 Å². The molecule has 9 rings (SSSR count). The first-order chi connectivity index (χ1) is 20.8. The Morgan fingerprint density at radius 2 is 1.07 bits per heavy atom. The molecule has 0 bridgehead atoms. The number of benzene rings is 5. The van der Waals surface area contributed by atoms with E-state index in [0.717, 1.165) is 33.6 Å². The smallest absolute Gasteiger partial charge is 0.164 e. The molecular weight excluding hydrogens is 514 g/mol. The van der Waals surface area contributed by atoms with Crippen molar-refractivity contribution in [2.75, 3.05) is 0 Å². The fourth-order valence-corrected chi connectivity index (χ4v) is 7.04. The molecule has 0 radical (unpaired) electrons. The summed E-state index contributed by atoms with van der Waals surface area (Å²) in [5.74, 6) is 2.28. The van der Waals surface area contributed by atoms with E-state index in [-0.39, 0.29) is 0 Å². The number of hydrogen-bond acceptors (Lipinski definition) is 4. The van der Waals surface area contributed by atoms with Crippen LogP contribution < -0.4 is 0 Å². The lowest BCUT2D eigenvalue weighted by atomic mass is 9.73. The highest BCUT2D eigenvalue weighted by Crippen LogP contribution is 2.64. The topological polar surface area (TPSA) is 51.8 Å². The van der Waals surface area contributed by atoms with Gasteiger partial charge in [-0.05, 0) is 50.6 Å². The third-order valence-electron chi connectivity index (χ3n) is 8.76. The van der Waals surface area contributed by atoms with Crippen LogP contribution >= 0.6 is 0 Å². The van der Waals surface area contributed by atoms with Gasteiger partial charge in [-0.1, -0.05) is 121 Å². The van der Waals surface area contributed by atoms with Gasteiger partial charge in [0.15, 0.2) is 11.6 Å². The highest BCUT2D eigenvalue weighted by molar-refractivity contribution is 5.98. The first kappa shape index (κ1) is 23.1. The molecule has 1 spiro atoms. The van der Waals surface area contributed by atoms with Crippen LogP contribution in [0, 0.1) is 0 Å². The SMILES string of the molecule is c1ccc(-c2ccc(-c3ncnc(-c4cccc5c4-c4ccccc4C54c5ccccc5-c5ccoc54)n3)cc2)cc1. The van der Waals surface area contributed by atoms with Gasteiger partial charge in [-0.15, -0.1) is 0 Å². The summed E-state index contributed by atoms with van der Waals surface area (Å²) >= 11 is 0. The minimum atomic E-state index is -0.527. The predicted octanol–water partition coefficient (Wildman–Crippen LogP) is 8.81. The van der Waals surface area contributed by atoms with Crippen LogP contribution in [0.5, 0.6) is 0 Å². The standard InChI is InChI=1S/C38H23N3O/c1-2-9-24(10-3-1)25-17-19-26(20-18-25)36-39-23-40-37(41-36)30-13-8-16-33-34(30)29-12-5-7-15-32(29)38(33)31-14-6-4-11-27(31)28-21-22-42-35(28)38/h1-23H. The van der Waals surface area contributed by atoms with Crippen molar-refractivity contribution in [1.29, 1.82) is 0 Å². The average Bonchev–Trinajstić information content (AvgIpc) is 3.74. The molecule has 0 fully saturated rings. The number of furan rings is 1. The molecule has 2 aliphatic rings. The Morgan fingerprint density at radius 3 is 1.90 bits per heavy atom. The third kappa shape index (κ3) is 3.04. The molecule has 0 aliphatic heterocycles. The summed E-state index contributed by atoms with van der Waals surface area (Å²) in [6.07, 6.45) is 3.43. The van der Waals surface area contributed by atoms with Gasteiger partial charge >= 0.3 is 0 Å². The van der Waals surface area contributed by atoms with Crippen molar-refractivity contribution in [1.82, 2.24) is 15.0 Å². The monoisotopic (exact) mass is 537 g/mol. The lowest BCUT2D eigenvalue weighted by Crippen LogP contribution is -2.25. The molecule has 0 saturated heterocycles. The molecule has 2 aromatic heterocycles. The maximum atomic E-state index is 6.33. The first-order valence-corrected chi connectivity index (χ1v) is 14.1. The fraction of sp³-hybridized carbons (Fsp3) is 0.0263. The number of hydrogen-bond donors (Lipinski definition) is 0. The lowest BCUT2D eigenvalue weighted by Gasteiger charge is -2.28. The molecule has 4 nitrogen and oxygen atoms in total. The molecule has 5 aromatic carbocycles. The summed E-state index contributed by atoms with van der Waals surface area (Å²) in [4.78, 5) is 14.3. The minimum absolute atomic E-state index is 0.527. The Kier molecular flexibility index (Phi) is 4.79. The van der Waals surface area contributed by atoms with Gasteiger partial charge in [0.25, 0.3) is 0 Å². The van der Waals surface area contributed by atoms with Crippen LogP contribution in [-0.4, -0.2) is 15.0 Å². The normalized spacial score (nSPS) is 15.7. The van der Waals surface area contributed by atoms with Crippen molar-refractivity contribution in [3.05, 3.63) is 162 Å². The molecule has 0 amide bonds. The largest absolute Gasteiger partial charge is 0.467 e. The van der Waals surface area contributed by atoms with E-state index in [2.05, 4.69) is 126 Å². The Labute approximate surface area is 243 Å². The van der Waals surface area contributed by atoms with Crippen LogP contribution in [0.25, 0.3) is 56.2 Å². The number of aromatic nitrogens is 3. The van der Waals surface area contributed by atoms with Crippen LogP contribution in [0.2, 0.25) is 0 Å². The summed E-state index contributed by atoms with van der Waals surface area (Å²) < 4.78 is 6.33. The summed E-state index contributed by atoms with van der Waals surface area (Å²) in [7, 11) is 0. The van der Waals surface area contributed by atoms with Gasteiger partial charge in [0, 0.05) is 16.7 Å². The summed E-state index contributed by atoms with van der Waals surface area (Å²) in [6.45, 7) is 0. The molecule has 42 heavy (non-hydrogen) atoms. The van der Waals surface area contributed by atoms with E-state index in [1.54, 1.807) is 6.33 Å². The Morgan fingerprint density at radius 1 is 0.452 bits per heavy atom. The summed E-state index contributed by atoms with van der Waals surface area (Å²) in [6, 6.07) is 44.7. The van der Waals surface area contributed by atoms with Gasteiger partial charge in [-0.25, -0.2) is 15.0 Å². The highest BCUT2D eigenvalue weighted by Gasteiger charge is 2.54. The highest BCUT2D eigenvalue weighted by atomic mass is 16.3. The van der Waals surface area contributed by atoms with Crippen LogP contribution in [0.3, 0.4) is 0 Å². The number of rotatable bonds is 3. The molecular formula is C38H23N3O. The Bertz CT molecular complexity index is 2150. The zero-order chi connectivity index (χ0) is 27.7. The van der Waals surface area contributed by atoms with Gasteiger partial charge in [0.2, 0.25) is 0 Å². The lowest BCUT2D eigenvalue weighted by molar-refractivity contribution is 0.474. The number of nitrogens with zero attached hydrogens (tertiary/aromatic N) is 3. The molecule has 2 aliphatic carbocycles. The van der Waals surface area contributed by atoms with E-state index in [1.165, 1.54) is 33.4 Å². The zero-order valence-corrected chi connectivity index (χ0v) is 22.5. The van der Waals surface area contributed by atoms with E-state index in [0.29, 0.717) is 11.6 Å².